The molecular formula is C15H11Cl2NO2S. The van der Waals surface area contributed by atoms with Crippen molar-refractivity contribution in [2.75, 3.05) is 10.7 Å². The van der Waals surface area contributed by atoms with Gasteiger partial charge in [0.1, 0.15) is 11.1 Å². The van der Waals surface area contributed by atoms with Crippen molar-refractivity contribution < 1.29 is 9.90 Å². The number of thioether (sulfide) groups is 1. The Hall–Kier alpha value is -1.36. The fourth-order valence-corrected chi connectivity index (χ4v) is 3.94. The van der Waals surface area contributed by atoms with Gasteiger partial charge in [-0.3, -0.25) is 9.69 Å². The highest BCUT2D eigenvalue weighted by atomic mass is 35.5. The molecule has 1 aliphatic heterocycles. The van der Waals surface area contributed by atoms with Crippen LogP contribution >= 0.6 is 35.0 Å². The minimum atomic E-state index is -0.215. The monoisotopic (exact) mass is 339 g/mol. The Morgan fingerprint density at radius 2 is 1.86 bits per heavy atom. The Balaban J connectivity index is 2.03. The topological polar surface area (TPSA) is 40.5 Å². The van der Waals surface area contributed by atoms with Gasteiger partial charge in [-0.05, 0) is 30.3 Å². The molecule has 0 bridgehead atoms. The van der Waals surface area contributed by atoms with Crippen molar-refractivity contribution in [2.24, 2.45) is 0 Å². The third-order valence-corrected chi connectivity index (χ3v) is 5.27. The van der Waals surface area contributed by atoms with Gasteiger partial charge in [0.05, 0.1) is 15.8 Å². The molecule has 1 amide bonds. The van der Waals surface area contributed by atoms with Gasteiger partial charge in [0, 0.05) is 11.3 Å². The molecule has 1 fully saturated rings. The van der Waals surface area contributed by atoms with Crippen molar-refractivity contribution in [2.45, 2.75) is 5.37 Å². The standard InChI is InChI=1S/C15H11Cl2NO2S/c16-12-3-1-2-11(14(12)17)15-18(13(20)8-21-15)9-4-6-10(19)7-5-9/h1-7,15,19H,8H2. The van der Waals surface area contributed by atoms with Crippen molar-refractivity contribution in [3.63, 3.8) is 0 Å². The lowest BCUT2D eigenvalue weighted by Crippen LogP contribution is -2.27. The van der Waals surface area contributed by atoms with E-state index in [0.717, 1.165) is 11.3 Å². The number of carbonyl (C=O) groups excluding carboxylic acids is 1. The van der Waals surface area contributed by atoms with Crippen LogP contribution in [0, 0.1) is 0 Å². The third kappa shape index (κ3) is 2.71. The summed E-state index contributed by atoms with van der Waals surface area (Å²) in [5.41, 5.74) is 1.54. The summed E-state index contributed by atoms with van der Waals surface area (Å²) in [6.07, 6.45) is 0. The van der Waals surface area contributed by atoms with Gasteiger partial charge >= 0.3 is 0 Å². The van der Waals surface area contributed by atoms with Gasteiger partial charge in [0.15, 0.2) is 0 Å². The van der Waals surface area contributed by atoms with E-state index in [1.54, 1.807) is 35.2 Å². The van der Waals surface area contributed by atoms with Crippen LogP contribution in [-0.4, -0.2) is 16.8 Å². The van der Waals surface area contributed by atoms with Crippen LogP contribution in [0.4, 0.5) is 5.69 Å². The number of anilines is 1. The number of hydrogen-bond donors (Lipinski definition) is 1. The molecule has 0 aromatic heterocycles. The molecule has 2 aromatic carbocycles. The number of carbonyl (C=O) groups is 1. The van der Waals surface area contributed by atoms with Crippen LogP contribution in [0.15, 0.2) is 42.5 Å². The Morgan fingerprint density at radius 3 is 2.57 bits per heavy atom. The SMILES string of the molecule is O=C1CSC(c2cccc(Cl)c2Cl)N1c1ccc(O)cc1. The summed E-state index contributed by atoms with van der Waals surface area (Å²) in [6.45, 7) is 0. The first kappa shape index (κ1) is 14.6. The zero-order valence-electron chi connectivity index (χ0n) is 10.8. The van der Waals surface area contributed by atoms with Crippen molar-refractivity contribution in [1.29, 1.82) is 0 Å². The zero-order chi connectivity index (χ0) is 15.0. The Labute approximate surface area is 136 Å². The van der Waals surface area contributed by atoms with Gasteiger partial charge in [-0.2, -0.15) is 0 Å². The predicted molar refractivity (Wildman–Crippen MR) is 87.3 cm³/mol. The quantitative estimate of drug-likeness (QED) is 0.876. The van der Waals surface area contributed by atoms with Gasteiger partial charge < -0.3 is 5.11 Å². The average molecular weight is 340 g/mol. The number of phenolic OH excluding ortho intramolecular Hbond substituents is 1. The number of phenols is 1. The molecule has 1 heterocycles. The van der Waals surface area contributed by atoms with Crippen molar-refractivity contribution in [3.8, 4) is 5.75 Å². The van der Waals surface area contributed by atoms with Crippen LogP contribution in [0.3, 0.4) is 0 Å². The molecule has 6 heteroatoms. The van der Waals surface area contributed by atoms with Gasteiger partial charge in [-0.1, -0.05) is 35.3 Å². The minimum Gasteiger partial charge on any atom is -0.508 e. The molecule has 1 N–H and O–H groups in total. The highest BCUT2D eigenvalue weighted by molar-refractivity contribution is 8.00. The van der Waals surface area contributed by atoms with Crippen LogP contribution in [0.1, 0.15) is 10.9 Å². The van der Waals surface area contributed by atoms with Crippen molar-refractivity contribution in [1.82, 2.24) is 0 Å². The van der Waals surface area contributed by atoms with Crippen LogP contribution in [0.5, 0.6) is 5.75 Å². The normalized spacial score (nSPS) is 18.3. The first-order valence-electron chi connectivity index (χ1n) is 6.24. The number of benzene rings is 2. The second-order valence-corrected chi connectivity index (χ2v) is 6.44. The smallest absolute Gasteiger partial charge is 0.238 e. The maximum Gasteiger partial charge on any atom is 0.238 e. The number of amides is 1. The van der Waals surface area contributed by atoms with E-state index in [9.17, 15) is 9.90 Å². The van der Waals surface area contributed by atoms with E-state index in [1.165, 1.54) is 11.8 Å². The summed E-state index contributed by atoms with van der Waals surface area (Å²) in [5.74, 6) is 0.552. The van der Waals surface area contributed by atoms with E-state index in [-0.39, 0.29) is 17.0 Å². The first-order chi connectivity index (χ1) is 10.1. The Bertz CT molecular complexity index is 691. The first-order valence-corrected chi connectivity index (χ1v) is 8.05. The number of rotatable bonds is 2. The average Bonchev–Trinajstić information content (AvgIpc) is 2.85. The summed E-state index contributed by atoms with van der Waals surface area (Å²) in [7, 11) is 0. The maximum absolute atomic E-state index is 12.2. The molecule has 0 radical (unpaired) electrons. The molecule has 0 spiro atoms. The molecule has 1 saturated heterocycles. The highest BCUT2D eigenvalue weighted by Gasteiger charge is 2.35. The molecular weight excluding hydrogens is 329 g/mol. The molecule has 1 atom stereocenters. The molecule has 0 aliphatic carbocycles. The number of hydrogen-bond acceptors (Lipinski definition) is 3. The second kappa shape index (κ2) is 5.79. The highest BCUT2D eigenvalue weighted by Crippen LogP contribution is 2.45. The van der Waals surface area contributed by atoms with E-state index in [4.69, 9.17) is 23.2 Å². The Kier molecular flexibility index (Phi) is 4.02. The lowest BCUT2D eigenvalue weighted by atomic mass is 10.2. The summed E-state index contributed by atoms with van der Waals surface area (Å²) in [5, 5.41) is 10.1. The van der Waals surface area contributed by atoms with Gasteiger partial charge in [0.2, 0.25) is 5.91 Å². The maximum atomic E-state index is 12.2. The number of nitrogens with zero attached hydrogens (tertiary/aromatic N) is 1. The number of aromatic hydroxyl groups is 1. The van der Waals surface area contributed by atoms with E-state index >= 15 is 0 Å². The molecule has 2 aromatic rings. The van der Waals surface area contributed by atoms with Gasteiger partial charge in [-0.15, -0.1) is 11.8 Å². The van der Waals surface area contributed by atoms with E-state index in [2.05, 4.69) is 0 Å². The molecule has 3 rings (SSSR count). The molecule has 3 nitrogen and oxygen atoms in total. The fourth-order valence-electron chi connectivity index (χ4n) is 2.26. The van der Waals surface area contributed by atoms with Crippen LogP contribution < -0.4 is 4.90 Å². The largest absolute Gasteiger partial charge is 0.508 e. The zero-order valence-corrected chi connectivity index (χ0v) is 13.1. The summed E-state index contributed by atoms with van der Waals surface area (Å²) in [6, 6.07) is 12.0. The Morgan fingerprint density at radius 1 is 1.14 bits per heavy atom. The lowest BCUT2D eigenvalue weighted by Gasteiger charge is -2.25. The van der Waals surface area contributed by atoms with Gasteiger partial charge in [0.25, 0.3) is 0 Å². The number of halogens is 2. The fraction of sp³-hybridized carbons (Fsp3) is 0.133. The minimum absolute atomic E-state index is 0.00623. The molecule has 21 heavy (non-hydrogen) atoms. The van der Waals surface area contributed by atoms with E-state index in [0.29, 0.717) is 15.8 Å². The van der Waals surface area contributed by atoms with Crippen molar-refractivity contribution in [3.05, 3.63) is 58.1 Å². The predicted octanol–water partition coefficient (Wildman–Crippen LogP) is 4.48. The van der Waals surface area contributed by atoms with Crippen molar-refractivity contribution >= 4 is 46.6 Å². The summed E-state index contributed by atoms with van der Waals surface area (Å²) in [4.78, 5) is 13.9. The van der Waals surface area contributed by atoms with E-state index in [1.807, 2.05) is 12.1 Å². The van der Waals surface area contributed by atoms with Gasteiger partial charge in [-0.25, -0.2) is 0 Å². The van der Waals surface area contributed by atoms with Crippen LogP contribution in [-0.2, 0) is 4.79 Å². The summed E-state index contributed by atoms with van der Waals surface area (Å²) < 4.78 is 0. The third-order valence-electron chi connectivity index (χ3n) is 3.24. The van der Waals surface area contributed by atoms with E-state index < -0.39 is 0 Å². The second-order valence-electron chi connectivity index (χ2n) is 4.59. The van der Waals surface area contributed by atoms with Crippen LogP contribution in [0.25, 0.3) is 0 Å². The lowest BCUT2D eigenvalue weighted by molar-refractivity contribution is -0.115. The molecule has 1 aliphatic rings. The molecule has 0 saturated carbocycles. The molecule has 1 unspecified atom stereocenters. The summed E-state index contributed by atoms with van der Waals surface area (Å²) >= 11 is 13.8. The van der Waals surface area contributed by atoms with Crippen LogP contribution in [0.2, 0.25) is 10.0 Å². The molecule has 108 valence electrons.